The molecule has 0 spiro atoms. The number of nitrogens with one attached hydrogen (secondary N) is 1. The summed E-state index contributed by atoms with van der Waals surface area (Å²) >= 11 is 0. The van der Waals surface area contributed by atoms with Crippen LogP contribution in [0.15, 0.2) is 12.4 Å². The van der Waals surface area contributed by atoms with E-state index in [0.29, 0.717) is 6.54 Å². The number of amides is 1. The maximum atomic E-state index is 10.7. The third-order valence-electron chi connectivity index (χ3n) is 1.01. The Hall–Kier alpha value is -1.19. The van der Waals surface area contributed by atoms with Gasteiger partial charge in [0, 0.05) is 26.5 Å². The van der Waals surface area contributed by atoms with Gasteiger partial charge in [0.2, 0.25) is 5.91 Å². The zero-order valence-corrected chi connectivity index (χ0v) is 6.29. The highest BCUT2D eigenvalue weighted by atomic mass is 16.1. The molecule has 0 bridgehead atoms. The second-order valence-corrected chi connectivity index (χ2v) is 1.93. The van der Waals surface area contributed by atoms with Gasteiger partial charge in [0.15, 0.2) is 0 Å². The number of nitrogens with zero attached hydrogens (tertiary/aromatic N) is 1. The summed E-state index contributed by atoms with van der Waals surface area (Å²) in [5, 5.41) is 2.50. The summed E-state index contributed by atoms with van der Waals surface area (Å²) in [6.07, 6.45) is 3.03. The Labute approximate surface area is 60.7 Å². The van der Waals surface area contributed by atoms with Crippen LogP contribution in [0.25, 0.3) is 0 Å². The fourth-order valence-corrected chi connectivity index (χ4v) is 0.505. The molecule has 3 N–H and O–H groups in total. The molecule has 0 saturated heterocycles. The summed E-state index contributed by atoms with van der Waals surface area (Å²) < 4.78 is 0. The number of hydrogen-bond donors (Lipinski definition) is 2. The van der Waals surface area contributed by atoms with E-state index in [9.17, 15) is 4.79 Å². The van der Waals surface area contributed by atoms with Crippen LogP contribution in [-0.4, -0.2) is 31.4 Å². The average molecular weight is 143 g/mol. The van der Waals surface area contributed by atoms with Crippen LogP contribution in [0, 0.1) is 0 Å². The number of hydrogen-bond acceptors (Lipinski definition) is 3. The molecular weight excluding hydrogens is 130 g/mol. The molecule has 58 valence electrons. The number of nitrogens with two attached hydrogens (primary N) is 1. The van der Waals surface area contributed by atoms with Crippen molar-refractivity contribution in [1.82, 2.24) is 10.2 Å². The van der Waals surface area contributed by atoms with Crippen molar-refractivity contribution in [3.63, 3.8) is 0 Å². The van der Waals surface area contributed by atoms with Gasteiger partial charge in [-0.2, -0.15) is 0 Å². The van der Waals surface area contributed by atoms with E-state index in [2.05, 4.69) is 5.32 Å². The van der Waals surface area contributed by atoms with Crippen molar-refractivity contribution < 1.29 is 4.79 Å². The minimum Gasteiger partial charge on any atom is -0.403 e. The predicted molar refractivity (Wildman–Crippen MR) is 40.0 cm³/mol. The number of carbonyl (C=O) groups is 1. The Morgan fingerprint density at radius 2 is 2.40 bits per heavy atom. The van der Waals surface area contributed by atoms with Crippen LogP contribution in [0.1, 0.15) is 0 Å². The first-order valence-corrected chi connectivity index (χ1v) is 3.00. The first kappa shape index (κ1) is 8.81. The van der Waals surface area contributed by atoms with Gasteiger partial charge in [-0.1, -0.05) is 0 Å². The molecule has 4 heteroatoms. The van der Waals surface area contributed by atoms with Gasteiger partial charge in [-0.25, -0.2) is 0 Å². The van der Waals surface area contributed by atoms with E-state index in [0.717, 1.165) is 0 Å². The maximum Gasteiger partial charge on any atom is 0.239 e. The summed E-state index contributed by atoms with van der Waals surface area (Å²) in [5.74, 6) is -0.0272. The molecule has 0 aromatic rings. The van der Waals surface area contributed by atoms with Crippen LogP contribution in [0.2, 0.25) is 0 Å². The minimum atomic E-state index is -0.0272. The van der Waals surface area contributed by atoms with Gasteiger partial charge in [-0.05, 0) is 0 Å². The Morgan fingerprint density at radius 1 is 1.80 bits per heavy atom. The summed E-state index contributed by atoms with van der Waals surface area (Å²) in [6.45, 7) is 0.337. The lowest BCUT2D eigenvalue weighted by Crippen LogP contribution is -2.30. The zero-order valence-electron chi connectivity index (χ0n) is 6.29. The highest BCUT2D eigenvalue weighted by Gasteiger charge is 1.97. The van der Waals surface area contributed by atoms with Gasteiger partial charge < -0.3 is 16.0 Å². The lowest BCUT2D eigenvalue weighted by atomic mass is 10.5. The minimum absolute atomic E-state index is 0.0272. The van der Waals surface area contributed by atoms with Gasteiger partial charge in [0.1, 0.15) is 0 Å². The van der Waals surface area contributed by atoms with Crippen molar-refractivity contribution in [1.29, 1.82) is 0 Å². The normalized spacial score (nSPS) is 9.80. The molecule has 1 amide bonds. The number of likely N-dealkylation sites (N-methyl/N-ethyl adjacent to an activating group) is 2. The molecule has 0 aromatic carbocycles. The fourth-order valence-electron chi connectivity index (χ4n) is 0.505. The molecular formula is C6H13N3O. The molecule has 0 heterocycles. The van der Waals surface area contributed by atoms with E-state index in [1.165, 1.54) is 6.20 Å². The van der Waals surface area contributed by atoms with Crippen molar-refractivity contribution in [2.24, 2.45) is 5.73 Å². The van der Waals surface area contributed by atoms with E-state index in [4.69, 9.17) is 5.73 Å². The first-order chi connectivity index (χ1) is 4.70. The highest BCUT2D eigenvalue weighted by molar-refractivity contribution is 5.77. The molecule has 0 aromatic heterocycles. The molecule has 0 atom stereocenters. The molecule has 0 aliphatic carbocycles. The molecule has 0 rings (SSSR count). The van der Waals surface area contributed by atoms with Gasteiger partial charge in [-0.3, -0.25) is 4.79 Å². The van der Waals surface area contributed by atoms with Crippen LogP contribution in [0.5, 0.6) is 0 Å². The molecule has 10 heavy (non-hydrogen) atoms. The maximum absolute atomic E-state index is 10.7. The van der Waals surface area contributed by atoms with Crippen molar-refractivity contribution in [3.8, 4) is 0 Å². The Kier molecular flexibility index (Phi) is 4.11. The van der Waals surface area contributed by atoms with E-state index < -0.39 is 0 Å². The Morgan fingerprint density at radius 3 is 2.80 bits per heavy atom. The van der Waals surface area contributed by atoms with Crippen LogP contribution in [-0.2, 0) is 4.79 Å². The number of rotatable bonds is 3. The van der Waals surface area contributed by atoms with Crippen molar-refractivity contribution >= 4 is 5.91 Å². The lowest BCUT2D eigenvalue weighted by Gasteiger charge is -2.10. The van der Waals surface area contributed by atoms with Gasteiger partial charge in [0.05, 0.1) is 6.54 Å². The lowest BCUT2D eigenvalue weighted by molar-refractivity contribution is -0.120. The predicted octanol–water partition coefficient (Wildman–Crippen LogP) is -0.906. The summed E-state index contributed by atoms with van der Waals surface area (Å²) in [6, 6.07) is 0. The van der Waals surface area contributed by atoms with Gasteiger partial charge >= 0.3 is 0 Å². The van der Waals surface area contributed by atoms with Crippen LogP contribution >= 0.6 is 0 Å². The molecule has 4 nitrogen and oxygen atoms in total. The molecule has 0 aliphatic rings. The summed E-state index contributed by atoms with van der Waals surface area (Å²) in [7, 11) is 3.38. The molecule has 0 unspecified atom stereocenters. The highest BCUT2D eigenvalue weighted by Crippen LogP contribution is 1.80. The Balaban J connectivity index is 3.57. The second-order valence-electron chi connectivity index (χ2n) is 1.93. The largest absolute Gasteiger partial charge is 0.403 e. The van der Waals surface area contributed by atoms with Gasteiger partial charge in [0.25, 0.3) is 0 Å². The third-order valence-corrected chi connectivity index (χ3v) is 1.01. The average Bonchev–Trinajstić information content (AvgIpc) is 1.88. The molecule has 0 saturated carbocycles. The van der Waals surface area contributed by atoms with E-state index in [1.54, 1.807) is 25.2 Å². The standard InChI is InChI=1S/C6H13N3O/c1-8-6(10)5-9(2)4-3-7/h3-4H,5,7H2,1-2H3,(H,8,10)/b4-3-. The molecule has 0 aliphatic heterocycles. The topological polar surface area (TPSA) is 58.4 Å². The van der Waals surface area contributed by atoms with Crippen molar-refractivity contribution in [2.75, 3.05) is 20.6 Å². The quantitative estimate of drug-likeness (QED) is 0.538. The monoisotopic (exact) mass is 143 g/mol. The first-order valence-electron chi connectivity index (χ1n) is 3.00. The van der Waals surface area contributed by atoms with E-state index >= 15 is 0 Å². The number of carbonyl (C=O) groups excluding carboxylic acids is 1. The summed E-state index contributed by atoms with van der Waals surface area (Å²) in [4.78, 5) is 12.4. The van der Waals surface area contributed by atoms with Crippen LogP contribution < -0.4 is 11.1 Å². The zero-order chi connectivity index (χ0) is 7.98. The fraction of sp³-hybridized carbons (Fsp3) is 0.500. The molecule has 0 radical (unpaired) electrons. The third kappa shape index (κ3) is 3.77. The van der Waals surface area contributed by atoms with Gasteiger partial charge in [-0.15, -0.1) is 0 Å². The molecule has 0 fully saturated rings. The van der Waals surface area contributed by atoms with E-state index in [1.807, 2.05) is 0 Å². The SMILES string of the molecule is CNC(=O)CN(C)/C=C\N. The second kappa shape index (κ2) is 4.67. The van der Waals surface area contributed by atoms with Crippen LogP contribution in [0.3, 0.4) is 0 Å². The van der Waals surface area contributed by atoms with E-state index in [-0.39, 0.29) is 5.91 Å². The smallest absolute Gasteiger partial charge is 0.239 e. The van der Waals surface area contributed by atoms with Crippen molar-refractivity contribution in [3.05, 3.63) is 12.4 Å². The van der Waals surface area contributed by atoms with Crippen molar-refractivity contribution in [2.45, 2.75) is 0 Å². The Bertz CT molecular complexity index is 133. The summed E-state index contributed by atoms with van der Waals surface area (Å²) in [5.41, 5.74) is 5.09. The van der Waals surface area contributed by atoms with Crippen LogP contribution in [0.4, 0.5) is 0 Å².